The Bertz CT molecular complexity index is 1030. The lowest BCUT2D eigenvalue weighted by Gasteiger charge is -2.15. The summed E-state index contributed by atoms with van der Waals surface area (Å²) in [5.41, 5.74) is 0. The zero-order chi connectivity index (χ0) is 36.1. The molecule has 3 N–H and O–H groups in total. The van der Waals surface area contributed by atoms with E-state index in [1.807, 2.05) is 0 Å². The lowest BCUT2D eigenvalue weighted by molar-refractivity contribution is -0.147. The van der Waals surface area contributed by atoms with Crippen LogP contribution in [-0.2, 0) is 27.9 Å². The van der Waals surface area contributed by atoms with Crippen LogP contribution in [-0.4, -0.2) is 54.3 Å². The zero-order valence-corrected chi connectivity index (χ0v) is 31.2. The van der Waals surface area contributed by atoms with Crippen molar-refractivity contribution >= 4 is 19.7 Å². The summed E-state index contributed by atoms with van der Waals surface area (Å²) in [6.45, 7) is 3.30. The predicted octanol–water partition coefficient (Wildman–Crippen LogP) is 9.54. The van der Waals surface area contributed by atoms with Crippen molar-refractivity contribution in [2.75, 3.05) is 26.4 Å². The first kappa shape index (κ1) is 46.5. The molecular formula is C39H66NO8P. The minimum Gasteiger partial charge on any atom is -0.463 e. The quantitative estimate of drug-likeness (QED) is 0.0266. The third-order valence-corrected chi connectivity index (χ3v) is 8.14. The van der Waals surface area contributed by atoms with Gasteiger partial charge in [-0.15, -0.1) is 0 Å². The molecule has 0 heterocycles. The van der Waals surface area contributed by atoms with Gasteiger partial charge in [0.25, 0.3) is 0 Å². The number of aliphatic hydroxyl groups excluding tert-OH is 1. The molecule has 0 saturated carbocycles. The molecule has 49 heavy (non-hydrogen) atoms. The van der Waals surface area contributed by atoms with Gasteiger partial charge in [-0.2, -0.15) is 0 Å². The van der Waals surface area contributed by atoms with Crippen LogP contribution >= 0.6 is 7.82 Å². The van der Waals surface area contributed by atoms with E-state index in [-0.39, 0.29) is 32.1 Å². The molecule has 0 aliphatic heterocycles. The summed E-state index contributed by atoms with van der Waals surface area (Å²) < 4.78 is 26.6. The van der Waals surface area contributed by atoms with Crippen LogP contribution in [0.15, 0.2) is 72.9 Å². The Balaban J connectivity index is 3.75. The van der Waals surface area contributed by atoms with Crippen molar-refractivity contribution in [3.8, 4) is 0 Å². The number of esters is 1. The molecule has 2 atom stereocenters. The fraction of sp³-hybridized carbons (Fsp3) is 0.641. The highest BCUT2D eigenvalue weighted by Crippen LogP contribution is 2.42. The zero-order valence-electron chi connectivity index (χ0n) is 30.4. The van der Waals surface area contributed by atoms with Crippen molar-refractivity contribution in [3.05, 3.63) is 72.9 Å². The monoisotopic (exact) mass is 707 g/mol. The number of carbonyl (C=O) groups excluding carboxylic acids is 2. The van der Waals surface area contributed by atoms with Crippen molar-refractivity contribution in [2.24, 2.45) is 0 Å². The Hall–Kier alpha value is -2.55. The van der Waals surface area contributed by atoms with Crippen LogP contribution in [0.3, 0.4) is 0 Å². The van der Waals surface area contributed by atoms with Gasteiger partial charge in [-0.1, -0.05) is 125 Å². The van der Waals surface area contributed by atoms with E-state index in [0.717, 1.165) is 70.6 Å². The molecule has 0 rings (SSSR count). The first-order valence-corrected chi connectivity index (χ1v) is 19.9. The van der Waals surface area contributed by atoms with Crippen LogP contribution < -0.4 is 5.32 Å². The fourth-order valence-corrected chi connectivity index (χ4v) is 5.14. The van der Waals surface area contributed by atoms with E-state index in [9.17, 15) is 24.2 Å². The topological polar surface area (TPSA) is 131 Å². The maximum atomic E-state index is 12.0. The molecule has 0 aromatic carbocycles. The van der Waals surface area contributed by atoms with E-state index in [0.29, 0.717) is 12.8 Å². The van der Waals surface area contributed by atoms with Gasteiger partial charge in [0, 0.05) is 19.4 Å². The summed E-state index contributed by atoms with van der Waals surface area (Å²) >= 11 is 0. The molecule has 0 aromatic rings. The third kappa shape index (κ3) is 36.6. The second-order valence-electron chi connectivity index (χ2n) is 11.8. The number of phosphoric ester groups is 1. The normalized spacial score (nSPS) is 14.3. The number of carbonyl (C=O) groups is 2. The van der Waals surface area contributed by atoms with Gasteiger partial charge in [0.05, 0.1) is 13.2 Å². The minimum absolute atomic E-state index is 0.0729. The molecule has 280 valence electrons. The van der Waals surface area contributed by atoms with Crippen LogP contribution in [0, 0.1) is 0 Å². The maximum absolute atomic E-state index is 12.0. The van der Waals surface area contributed by atoms with Gasteiger partial charge in [-0.3, -0.25) is 18.6 Å². The first-order valence-electron chi connectivity index (χ1n) is 18.4. The molecule has 0 aromatic heterocycles. The summed E-state index contributed by atoms with van der Waals surface area (Å²) in [7, 11) is -4.42. The van der Waals surface area contributed by atoms with E-state index in [2.05, 4.69) is 92.1 Å². The lowest BCUT2D eigenvalue weighted by atomic mass is 10.1. The molecule has 0 aliphatic rings. The summed E-state index contributed by atoms with van der Waals surface area (Å²) in [4.78, 5) is 33.6. The smallest absolute Gasteiger partial charge is 0.463 e. The van der Waals surface area contributed by atoms with Crippen LogP contribution in [0.25, 0.3) is 0 Å². The summed E-state index contributed by atoms with van der Waals surface area (Å²) in [6.07, 6.45) is 41.4. The molecule has 10 heteroatoms. The van der Waals surface area contributed by atoms with Crippen LogP contribution in [0.2, 0.25) is 0 Å². The van der Waals surface area contributed by atoms with Gasteiger partial charge in [-0.05, 0) is 64.2 Å². The SMILES string of the molecule is CC/C=C\C/C=C\C/C=C\C/C=C\C/C=C\C/C=C\CCCCC(=O)OCC(O)COP(=O)(O)OCCNC(=O)CCCCCCCCC. The Morgan fingerprint density at radius 1 is 0.653 bits per heavy atom. The highest BCUT2D eigenvalue weighted by Gasteiger charge is 2.23. The molecule has 0 fully saturated rings. The van der Waals surface area contributed by atoms with Gasteiger partial charge in [0.1, 0.15) is 12.7 Å². The van der Waals surface area contributed by atoms with Gasteiger partial charge in [-0.25, -0.2) is 4.57 Å². The molecule has 0 bridgehead atoms. The van der Waals surface area contributed by atoms with E-state index in [1.54, 1.807) is 0 Å². The van der Waals surface area contributed by atoms with Crippen LogP contribution in [0.1, 0.15) is 129 Å². The third-order valence-electron chi connectivity index (χ3n) is 7.15. The van der Waals surface area contributed by atoms with Crippen LogP contribution in [0.5, 0.6) is 0 Å². The molecule has 0 spiro atoms. The van der Waals surface area contributed by atoms with Crippen molar-refractivity contribution in [3.63, 3.8) is 0 Å². The van der Waals surface area contributed by atoms with Gasteiger partial charge >= 0.3 is 13.8 Å². The largest absolute Gasteiger partial charge is 0.472 e. The standard InChI is InChI=1S/C39H66NO8P/c1-3-5-7-9-11-12-13-14-15-16-17-18-19-20-21-22-23-24-26-28-30-32-39(43)46-35-37(41)36-48-49(44,45)47-34-33-40-38(42)31-29-27-25-10-8-6-4-2/h5,7,11-12,14-15,17-18,20-21,23-24,37,41H,3-4,6,8-10,13,16,19,22,25-36H2,1-2H3,(H,40,42)(H,44,45)/b7-5-,12-11-,15-14-,18-17-,21-20-,24-23-. The molecular weight excluding hydrogens is 641 g/mol. The average molecular weight is 708 g/mol. The van der Waals surface area contributed by atoms with Gasteiger partial charge in [0.2, 0.25) is 5.91 Å². The number of hydrogen-bond donors (Lipinski definition) is 3. The molecule has 9 nitrogen and oxygen atoms in total. The second-order valence-corrected chi connectivity index (χ2v) is 13.3. The van der Waals surface area contributed by atoms with E-state index < -0.39 is 26.5 Å². The number of nitrogens with one attached hydrogen (secondary N) is 1. The molecule has 0 aliphatic carbocycles. The number of unbranched alkanes of at least 4 members (excludes halogenated alkanes) is 8. The van der Waals surface area contributed by atoms with Crippen molar-refractivity contribution < 1.29 is 37.9 Å². The van der Waals surface area contributed by atoms with E-state index in [4.69, 9.17) is 13.8 Å². The lowest BCUT2D eigenvalue weighted by Crippen LogP contribution is -2.27. The minimum atomic E-state index is -4.42. The van der Waals surface area contributed by atoms with Crippen LogP contribution in [0.4, 0.5) is 0 Å². The number of aliphatic hydroxyl groups is 1. The Kier molecular flexibility index (Phi) is 33.4. The highest BCUT2D eigenvalue weighted by molar-refractivity contribution is 7.47. The van der Waals surface area contributed by atoms with Crippen molar-refractivity contribution in [1.29, 1.82) is 0 Å². The van der Waals surface area contributed by atoms with Gasteiger partial charge in [0.15, 0.2) is 0 Å². The van der Waals surface area contributed by atoms with Gasteiger partial charge < -0.3 is 20.1 Å². The van der Waals surface area contributed by atoms with Crippen molar-refractivity contribution in [2.45, 2.75) is 136 Å². The second kappa shape index (κ2) is 35.3. The molecule has 0 saturated heterocycles. The Morgan fingerprint density at radius 2 is 1.16 bits per heavy atom. The maximum Gasteiger partial charge on any atom is 0.472 e. The number of allylic oxidation sites excluding steroid dienone is 12. The fourth-order valence-electron chi connectivity index (χ4n) is 4.38. The number of phosphoric acid groups is 1. The number of rotatable bonds is 33. The molecule has 0 radical (unpaired) electrons. The summed E-state index contributed by atoms with van der Waals surface area (Å²) in [5.74, 6) is -0.575. The van der Waals surface area contributed by atoms with Crippen molar-refractivity contribution in [1.82, 2.24) is 5.32 Å². The predicted molar refractivity (Wildman–Crippen MR) is 201 cm³/mol. The van der Waals surface area contributed by atoms with E-state index in [1.165, 1.54) is 25.7 Å². The Labute approximate surface area is 297 Å². The first-order chi connectivity index (χ1) is 23.8. The highest BCUT2D eigenvalue weighted by atomic mass is 31.2. The molecule has 1 amide bonds. The summed E-state index contributed by atoms with van der Waals surface area (Å²) in [5, 5.41) is 12.6. The number of hydrogen-bond acceptors (Lipinski definition) is 7. The Morgan fingerprint density at radius 3 is 1.73 bits per heavy atom. The average Bonchev–Trinajstić information content (AvgIpc) is 3.08. The summed E-state index contributed by atoms with van der Waals surface area (Å²) in [6, 6.07) is 0. The number of ether oxygens (including phenoxy) is 1. The van der Waals surface area contributed by atoms with E-state index >= 15 is 0 Å². The number of amides is 1. The molecule has 2 unspecified atom stereocenters.